The molecule has 2 aromatic rings. The predicted octanol–water partition coefficient (Wildman–Crippen LogP) is 2.98. The van der Waals surface area contributed by atoms with Crippen LogP contribution >= 0.6 is 15.9 Å². The van der Waals surface area contributed by atoms with E-state index in [0.717, 1.165) is 0 Å². The Morgan fingerprint density at radius 1 is 1.40 bits per heavy atom. The quantitative estimate of drug-likeness (QED) is 0.900. The summed E-state index contributed by atoms with van der Waals surface area (Å²) in [4.78, 5) is 11.2. The summed E-state index contributed by atoms with van der Waals surface area (Å²) in [7, 11) is 0. The minimum Gasteiger partial charge on any atom is -0.483 e. The summed E-state index contributed by atoms with van der Waals surface area (Å²) in [6.07, 6.45) is 0.644. The Morgan fingerprint density at radius 2 is 2.10 bits per heavy atom. The Balaban J connectivity index is 2.22. The fourth-order valence-corrected chi connectivity index (χ4v) is 2.28. The normalized spacial score (nSPS) is 10.6. The molecule has 1 aromatic heterocycles. The molecule has 0 aliphatic heterocycles. The van der Waals surface area contributed by atoms with Crippen LogP contribution in [0, 0.1) is 6.92 Å². The lowest BCUT2D eigenvalue weighted by atomic mass is 10.1. The molecule has 20 heavy (non-hydrogen) atoms. The second kappa shape index (κ2) is 6.04. The van der Waals surface area contributed by atoms with Gasteiger partial charge in [0.05, 0.1) is 0 Å². The number of hydrogen-bond donors (Lipinski definition) is 1. The van der Waals surface area contributed by atoms with Crippen molar-refractivity contribution in [2.24, 2.45) is 0 Å². The van der Waals surface area contributed by atoms with Crippen LogP contribution in [-0.2, 0) is 13.0 Å². The Hall–Kier alpha value is -1.89. The highest BCUT2D eigenvalue weighted by molar-refractivity contribution is 9.10. The van der Waals surface area contributed by atoms with Gasteiger partial charge in [0.15, 0.2) is 6.61 Å². The first-order chi connectivity index (χ1) is 9.51. The van der Waals surface area contributed by atoms with E-state index in [1.54, 1.807) is 13.0 Å². The van der Waals surface area contributed by atoms with E-state index in [1.165, 1.54) is 6.07 Å². The molecular weight excluding hydrogens is 328 g/mol. The molecule has 0 bridgehead atoms. The third-order valence-electron chi connectivity index (χ3n) is 2.62. The number of halogens is 1. The van der Waals surface area contributed by atoms with Crippen molar-refractivity contribution in [3.63, 3.8) is 0 Å². The SMILES string of the molecule is CCc1nnc(COc2c(C)cc(Br)cc2C(=O)O)o1. The fourth-order valence-electron chi connectivity index (χ4n) is 1.70. The molecule has 0 saturated carbocycles. The predicted molar refractivity (Wildman–Crippen MR) is 73.8 cm³/mol. The number of aromatic nitrogens is 2. The molecule has 0 aliphatic carbocycles. The minimum absolute atomic E-state index is 0.0375. The number of carboxylic acids is 1. The van der Waals surface area contributed by atoms with Crippen molar-refractivity contribution in [2.75, 3.05) is 0 Å². The van der Waals surface area contributed by atoms with Crippen molar-refractivity contribution in [3.05, 3.63) is 39.5 Å². The highest BCUT2D eigenvalue weighted by atomic mass is 79.9. The van der Waals surface area contributed by atoms with Gasteiger partial charge in [0.25, 0.3) is 5.89 Å². The molecule has 0 unspecified atom stereocenters. The van der Waals surface area contributed by atoms with Gasteiger partial charge in [-0.25, -0.2) is 4.79 Å². The average Bonchev–Trinajstić information content (AvgIpc) is 2.84. The van der Waals surface area contributed by atoms with Crippen molar-refractivity contribution in [1.82, 2.24) is 10.2 Å². The maximum atomic E-state index is 11.2. The van der Waals surface area contributed by atoms with E-state index in [1.807, 2.05) is 6.92 Å². The first-order valence-corrected chi connectivity index (χ1v) is 6.78. The van der Waals surface area contributed by atoms with E-state index in [4.69, 9.17) is 9.15 Å². The molecular formula is C13H13BrN2O4. The number of nitrogens with zero attached hydrogens (tertiary/aromatic N) is 2. The third kappa shape index (κ3) is 3.16. The molecule has 0 spiro atoms. The monoisotopic (exact) mass is 340 g/mol. The van der Waals surface area contributed by atoms with E-state index < -0.39 is 5.97 Å². The number of aromatic carboxylic acids is 1. The van der Waals surface area contributed by atoms with Crippen LogP contribution in [-0.4, -0.2) is 21.3 Å². The van der Waals surface area contributed by atoms with E-state index >= 15 is 0 Å². The lowest BCUT2D eigenvalue weighted by Gasteiger charge is -2.11. The molecule has 0 amide bonds. The Morgan fingerprint density at radius 3 is 2.70 bits per heavy atom. The van der Waals surface area contributed by atoms with Gasteiger partial charge in [-0.1, -0.05) is 22.9 Å². The third-order valence-corrected chi connectivity index (χ3v) is 3.08. The molecule has 0 radical (unpaired) electrons. The van der Waals surface area contributed by atoms with Crippen molar-refractivity contribution >= 4 is 21.9 Å². The molecule has 0 aliphatic rings. The van der Waals surface area contributed by atoms with Crippen molar-refractivity contribution in [3.8, 4) is 5.75 Å². The number of rotatable bonds is 5. The lowest BCUT2D eigenvalue weighted by Crippen LogP contribution is -2.05. The molecule has 106 valence electrons. The Labute approximate surface area is 123 Å². The van der Waals surface area contributed by atoms with Gasteiger partial charge in [0.2, 0.25) is 5.89 Å². The standard InChI is InChI=1S/C13H13BrN2O4/c1-3-10-15-16-11(20-10)6-19-12-7(2)4-8(14)5-9(12)13(17)18/h4-5H,3,6H2,1-2H3,(H,17,18). The van der Waals surface area contributed by atoms with Gasteiger partial charge in [0, 0.05) is 10.9 Å². The van der Waals surface area contributed by atoms with Gasteiger partial charge >= 0.3 is 5.97 Å². The Kier molecular flexibility index (Phi) is 4.39. The highest BCUT2D eigenvalue weighted by Gasteiger charge is 2.16. The molecule has 0 fully saturated rings. The average molecular weight is 341 g/mol. The summed E-state index contributed by atoms with van der Waals surface area (Å²) in [5.74, 6) is 0.0937. The summed E-state index contributed by atoms with van der Waals surface area (Å²) < 4.78 is 11.5. The minimum atomic E-state index is -1.05. The molecule has 7 heteroatoms. The van der Waals surface area contributed by atoms with Gasteiger partial charge in [-0.3, -0.25) is 0 Å². The van der Waals surface area contributed by atoms with E-state index in [9.17, 15) is 9.90 Å². The lowest BCUT2D eigenvalue weighted by molar-refractivity contribution is 0.0690. The van der Waals surface area contributed by atoms with Gasteiger partial charge in [-0.2, -0.15) is 0 Å². The van der Waals surface area contributed by atoms with Gasteiger partial charge in [-0.05, 0) is 24.6 Å². The van der Waals surface area contributed by atoms with E-state index in [-0.39, 0.29) is 12.2 Å². The molecule has 0 saturated heterocycles. The van der Waals surface area contributed by atoms with E-state index in [2.05, 4.69) is 26.1 Å². The Bertz CT molecular complexity index is 639. The van der Waals surface area contributed by atoms with Crippen LogP contribution in [0.5, 0.6) is 5.75 Å². The van der Waals surface area contributed by atoms with Crippen LogP contribution in [0.1, 0.15) is 34.6 Å². The van der Waals surface area contributed by atoms with Gasteiger partial charge in [0.1, 0.15) is 11.3 Å². The van der Waals surface area contributed by atoms with Crippen LogP contribution in [0.4, 0.5) is 0 Å². The van der Waals surface area contributed by atoms with E-state index in [0.29, 0.717) is 34.0 Å². The van der Waals surface area contributed by atoms with Crippen molar-refractivity contribution in [2.45, 2.75) is 26.9 Å². The summed E-state index contributed by atoms with van der Waals surface area (Å²) in [6.45, 7) is 3.72. The molecule has 1 aromatic carbocycles. The summed E-state index contributed by atoms with van der Waals surface area (Å²) >= 11 is 3.26. The summed E-state index contributed by atoms with van der Waals surface area (Å²) in [6, 6.07) is 3.28. The van der Waals surface area contributed by atoms with Gasteiger partial charge in [-0.15, -0.1) is 10.2 Å². The van der Waals surface area contributed by atoms with Crippen molar-refractivity contribution in [1.29, 1.82) is 0 Å². The number of carbonyl (C=O) groups is 1. The molecule has 6 nitrogen and oxygen atoms in total. The maximum absolute atomic E-state index is 11.2. The summed E-state index contributed by atoms with van der Waals surface area (Å²) in [5, 5.41) is 16.8. The molecule has 0 atom stereocenters. The number of hydrogen-bond acceptors (Lipinski definition) is 5. The highest BCUT2D eigenvalue weighted by Crippen LogP contribution is 2.28. The molecule has 1 heterocycles. The largest absolute Gasteiger partial charge is 0.483 e. The second-order valence-corrected chi connectivity index (χ2v) is 5.05. The molecule has 1 N–H and O–H groups in total. The smallest absolute Gasteiger partial charge is 0.339 e. The van der Waals surface area contributed by atoms with Crippen LogP contribution in [0.25, 0.3) is 0 Å². The number of ether oxygens (including phenoxy) is 1. The van der Waals surface area contributed by atoms with Crippen LogP contribution in [0.2, 0.25) is 0 Å². The maximum Gasteiger partial charge on any atom is 0.339 e. The second-order valence-electron chi connectivity index (χ2n) is 4.14. The van der Waals surface area contributed by atoms with Crippen LogP contribution in [0.3, 0.4) is 0 Å². The van der Waals surface area contributed by atoms with Crippen molar-refractivity contribution < 1.29 is 19.1 Å². The molecule has 2 rings (SSSR count). The zero-order valence-corrected chi connectivity index (χ0v) is 12.6. The zero-order chi connectivity index (χ0) is 14.7. The fraction of sp³-hybridized carbons (Fsp3) is 0.308. The van der Waals surface area contributed by atoms with Gasteiger partial charge < -0.3 is 14.3 Å². The first kappa shape index (κ1) is 14.5. The summed E-state index contributed by atoms with van der Waals surface area (Å²) in [5.41, 5.74) is 0.805. The first-order valence-electron chi connectivity index (χ1n) is 5.98. The number of aryl methyl sites for hydroxylation is 2. The van der Waals surface area contributed by atoms with Crippen LogP contribution < -0.4 is 4.74 Å². The zero-order valence-electron chi connectivity index (χ0n) is 11.0. The number of carboxylic acid groups (broad SMARTS) is 1. The van der Waals surface area contributed by atoms with Crippen LogP contribution in [0.15, 0.2) is 21.0 Å². The number of benzene rings is 1. The topological polar surface area (TPSA) is 85.5 Å².